The minimum absolute atomic E-state index is 0.0555. The molecule has 1 aromatic carbocycles. The average molecular weight is 403 g/mol. The third-order valence-electron chi connectivity index (χ3n) is 2.88. The zero-order valence-electron chi connectivity index (χ0n) is 14.0. The molecule has 0 spiro atoms. The Hall–Kier alpha value is -1.11. The minimum atomic E-state index is -2.87. The second kappa shape index (κ2) is 6.34. The molecule has 0 amide bonds. The molecule has 0 aliphatic carbocycles. The Morgan fingerprint density at radius 1 is 1.14 bits per heavy atom. The van der Waals surface area contributed by atoms with E-state index in [4.69, 9.17) is 2.74 Å². The van der Waals surface area contributed by atoms with Crippen LogP contribution in [-0.2, 0) is 6.37 Å². The number of halogens is 3. The fourth-order valence-corrected chi connectivity index (χ4v) is 4.69. The number of rotatable bonds is 4. The summed E-state index contributed by atoms with van der Waals surface area (Å²) in [7, 11) is 0. The Bertz CT molecular complexity index is 718. The normalized spacial score (nSPS) is 14.0. The van der Waals surface area contributed by atoms with Gasteiger partial charge in [-0.2, -0.15) is 0 Å². The van der Waals surface area contributed by atoms with Crippen LogP contribution in [0, 0.1) is 5.82 Å². The number of nitrogens with zero attached hydrogens (tertiary/aromatic N) is 2. The van der Waals surface area contributed by atoms with E-state index in [0.29, 0.717) is 6.07 Å². The van der Waals surface area contributed by atoms with Crippen LogP contribution >= 0.6 is 0 Å². The van der Waals surface area contributed by atoms with Gasteiger partial charge in [0.15, 0.2) is 0 Å². The molecule has 2 rings (SSSR count). The molecule has 0 aliphatic heterocycles. The molecule has 2 nitrogen and oxygen atoms in total. The molecule has 0 unspecified atom stereocenters. The molecule has 0 atom stereocenters. The zero-order chi connectivity index (χ0) is 17.4. The Morgan fingerprint density at radius 2 is 1.86 bits per heavy atom. The van der Waals surface area contributed by atoms with Crippen LogP contribution < -0.4 is 3.71 Å². The molecule has 1 aromatic heterocycles. The van der Waals surface area contributed by atoms with E-state index in [1.165, 1.54) is 6.33 Å². The fraction of sp³-hybridized carbons (Fsp3) is 0.333. The average Bonchev–Trinajstić information content (AvgIpc) is 2.45. The van der Waals surface area contributed by atoms with E-state index < -0.39 is 42.6 Å². The summed E-state index contributed by atoms with van der Waals surface area (Å²) in [6.07, 6.45) is -3.77. The second-order valence-corrected chi connectivity index (χ2v) is 20.0. The van der Waals surface area contributed by atoms with Gasteiger partial charge in [-0.15, -0.1) is 0 Å². The molecule has 0 aliphatic rings. The Morgan fingerprint density at radius 3 is 2.48 bits per heavy atom. The van der Waals surface area contributed by atoms with Gasteiger partial charge in [-0.3, -0.25) is 0 Å². The van der Waals surface area contributed by atoms with Gasteiger partial charge in [0.2, 0.25) is 0 Å². The van der Waals surface area contributed by atoms with E-state index in [2.05, 4.69) is 24.8 Å². The summed E-state index contributed by atoms with van der Waals surface area (Å²) in [5.74, 6) is -0.897. The van der Waals surface area contributed by atoms with Gasteiger partial charge in [0.1, 0.15) is 0 Å². The molecule has 0 saturated carbocycles. The van der Waals surface area contributed by atoms with E-state index in [1.54, 1.807) is 6.07 Å². The molecule has 1 heterocycles. The van der Waals surface area contributed by atoms with Crippen molar-refractivity contribution >= 4 is 22.1 Å². The van der Waals surface area contributed by atoms with Crippen molar-refractivity contribution in [2.24, 2.45) is 0 Å². The van der Waals surface area contributed by atoms with Crippen molar-refractivity contribution in [3.05, 3.63) is 53.2 Å². The van der Waals surface area contributed by atoms with Crippen molar-refractivity contribution < 1.29 is 15.9 Å². The molecule has 0 fully saturated rings. The first-order chi connectivity index (χ1) is 10.5. The molecule has 112 valence electrons. The number of hydrogen-bond donors (Lipinski definition) is 0. The Labute approximate surface area is 129 Å². The molecule has 2 aromatic rings. The maximum atomic E-state index is 13.6. The summed E-state index contributed by atoms with van der Waals surface area (Å²) in [6, 6.07) is 4.19. The number of hydrogen-bond acceptors (Lipinski definition) is 2. The van der Waals surface area contributed by atoms with Crippen molar-refractivity contribution in [1.29, 1.82) is 0 Å². The van der Waals surface area contributed by atoms with Crippen LogP contribution in [0.5, 0.6) is 0 Å². The first-order valence-electron chi connectivity index (χ1n) is 7.44. The van der Waals surface area contributed by atoms with Crippen LogP contribution in [0.3, 0.4) is 0 Å². The standard InChI is InChI=1S/C12H8F3N2.3CH3.Sn/c13-10-4-8(3-9(6-10)12(14)15)5-11-1-2-16-7-17-11;;;;/h1,3-4,6-7,12H,5H2;3*1H3;/i5D2;;;;. The quantitative estimate of drug-likeness (QED) is 0.729. The van der Waals surface area contributed by atoms with Crippen molar-refractivity contribution in [1.82, 2.24) is 9.97 Å². The van der Waals surface area contributed by atoms with E-state index >= 15 is 0 Å². The van der Waals surface area contributed by atoms with Gasteiger partial charge in [-0.1, -0.05) is 0 Å². The fourth-order valence-electron chi connectivity index (χ4n) is 1.79. The second-order valence-electron chi connectivity index (χ2n) is 5.74. The van der Waals surface area contributed by atoms with Gasteiger partial charge in [0, 0.05) is 0 Å². The Kier molecular flexibility index (Phi) is 4.09. The van der Waals surface area contributed by atoms with Crippen LogP contribution in [-0.4, -0.2) is 28.3 Å². The van der Waals surface area contributed by atoms with Crippen LogP contribution in [0.4, 0.5) is 13.2 Å². The maximum absolute atomic E-state index is 13.6. The predicted octanol–water partition coefficient (Wildman–Crippen LogP) is 3.69. The number of aromatic nitrogens is 2. The molecule has 0 saturated heterocycles. The molecule has 0 N–H and O–H groups in total. The van der Waals surface area contributed by atoms with Gasteiger partial charge >= 0.3 is 129 Å². The van der Waals surface area contributed by atoms with Crippen molar-refractivity contribution in [3.63, 3.8) is 0 Å². The molecule has 21 heavy (non-hydrogen) atoms. The zero-order valence-corrected chi connectivity index (χ0v) is 14.8. The third-order valence-corrected chi connectivity index (χ3v) is 8.05. The van der Waals surface area contributed by atoms with Crippen molar-refractivity contribution in [2.75, 3.05) is 0 Å². The first-order valence-corrected chi connectivity index (χ1v) is 16.4. The van der Waals surface area contributed by atoms with Crippen molar-refractivity contribution in [2.45, 2.75) is 27.6 Å². The van der Waals surface area contributed by atoms with Gasteiger partial charge in [0.25, 0.3) is 0 Å². The Balaban J connectivity index is 2.54. The summed E-state index contributed by atoms with van der Waals surface area (Å²) < 4.78 is 56.5. The third kappa shape index (κ3) is 4.43. The summed E-state index contributed by atoms with van der Waals surface area (Å²) in [6.45, 7) is 0. The van der Waals surface area contributed by atoms with Gasteiger partial charge in [-0.05, 0) is 0 Å². The van der Waals surface area contributed by atoms with E-state index in [-0.39, 0.29) is 11.3 Å². The van der Waals surface area contributed by atoms with Crippen LogP contribution in [0.15, 0.2) is 30.6 Å². The first kappa shape index (κ1) is 13.5. The SMILES string of the molecule is [2H]C([2H])(c1cc(F)cc(C(F)F)c1)c1c[c]([Sn]([CH3])([CH3])[CH3])ncn1. The van der Waals surface area contributed by atoms with Crippen LogP contribution in [0.1, 0.15) is 26.0 Å². The summed E-state index contributed by atoms with van der Waals surface area (Å²) in [5, 5.41) is 0. The molecule has 0 radical (unpaired) electrons. The van der Waals surface area contributed by atoms with Gasteiger partial charge < -0.3 is 0 Å². The predicted molar refractivity (Wildman–Crippen MR) is 79.2 cm³/mol. The monoisotopic (exact) mass is 404 g/mol. The molecule has 0 bridgehead atoms. The summed E-state index contributed by atoms with van der Waals surface area (Å²) in [4.78, 5) is 14.5. The molecular weight excluding hydrogens is 384 g/mol. The summed E-state index contributed by atoms with van der Waals surface area (Å²) in [5.41, 5.74) is -0.672. The van der Waals surface area contributed by atoms with E-state index in [1.807, 2.05) is 0 Å². The number of alkyl halides is 2. The topological polar surface area (TPSA) is 25.8 Å². The van der Waals surface area contributed by atoms with Crippen molar-refractivity contribution in [3.8, 4) is 0 Å². The molecule has 6 heteroatoms. The van der Waals surface area contributed by atoms with Gasteiger partial charge in [0.05, 0.1) is 0 Å². The van der Waals surface area contributed by atoms with Gasteiger partial charge in [-0.25, -0.2) is 0 Å². The van der Waals surface area contributed by atoms with E-state index in [9.17, 15) is 13.2 Å². The number of benzene rings is 1. The molecular formula is C15H17F3N2Sn. The van der Waals surface area contributed by atoms with E-state index in [0.717, 1.165) is 15.8 Å². The van der Waals surface area contributed by atoms with Crippen LogP contribution in [0.2, 0.25) is 14.8 Å². The van der Waals surface area contributed by atoms with Crippen LogP contribution in [0.25, 0.3) is 0 Å². The summed E-state index contributed by atoms with van der Waals surface area (Å²) >= 11 is -2.55.